The van der Waals surface area contributed by atoms with Crippen LogP contribution in [0.5, 0.6) is 11.5 Å². The number of rotatable bonds is 5. The van der Waals surface area contributed by atoms with E-state index in [1.54, 1.807) is 30.5 Å². The van der Waals surface area contributed by atoms with Crippen LogP contribution in [-0.4, -0.2) is 47.3 Å². The van der Waals surface area contributed by atoms with Crippen molar-refractivity contribution in [2.45, 2.75) is 37.1 Å². The van der Waals surface area contributed by atoms with Gasteiger partial charge >= 0.3 is 0 Å². The Morgan fingerprint density at radius 2 is 1.94 bits per heavy atom. The van der Waals surface area contributed by atoms with Gasteiger partial charge in [-0.05, 0) is 48.9 Å². The van der Waals surface area contributed by atoms with Crippen molar-refractivity contribution in [3.05, 3.63) is 42.1 Å². The van der Waals surface area contributed by atoms with Gasteiger partial charge in [-0.15, -0.1) is 0 Å². The molecule has 1 saturated carbocycles. The Morgan fingerprint density at radius 1 is 1.09 bits per heavy atom. The molecule has 1 saturated heterocycles. The molecule has 2 fully saturated rings. The normalized spacial score (nSPS) is 21.7. The highest BCUT2D eigenvalue weighted by molar-refractivity contribution is 8.00. The van der Waals surface area contributed by atoms with Crippen LogP contribution in [0.25, 0.3) is 0 Å². The summed E-state index contributed by atoms with van der Waals surface area (Å²) in [5, 5.41) is 3.47. The SMILES string of the molecule is O=C(CSc1ncccc1C(=O)N1CC[C@@H]2CCCC[C@@H]2C1)Nc1ccc2c(c1)OCO2. The second-order valence-electron chi connectivity index (χ2n) is 8.61. The molecule has 1 N–H and O–H groups in total. The fourth-order valence-corrected chi connectivity index (χ4v) is 5.72. The van der Waals surface area contributed by atoms with Gasteiger partial charge in [0, 0.05) is 31.0 Å². The third-order valence-electron chi connectivity index (χ3n) is 6.58. The number of hydrogen-bond donors (Lipinski definition) is 1. The molecule has 0 spiro atoms. The topological polar surface area (TPSA) is 80.8 Å². The Balaban J connectivity index is 1.20. The van der Waals surface area contributed by atoms with Gasteiger partial charge in [0.2, 0.25) is 12.7 Å². The standard InChI is InChI=1S/C24H27N3O4S/c28-22(26-18-7-8-20-21(12-18)31-15-30-20)14-32-23-19(6-3-10-25-23)24(29)27-11-9-16-4-1-2-5-17(16)13-27/h3,6-8,10,12,16-17H,1-2,4-5,9,11,13-15H2,(H,26,28)/t16-,17+/m0/s1. The van der Waals surface area contributed by atoms with Crippen LogP contribution in [0, 0.1) is 11.8 Å². The number of pyridine rings is 1. The molecule has 32 heavy (non-hydrogen) atoms. The van der Waals surface area contributed by atoms with Crippen molar-refractivity contribution in [2.24, 2.45) is 11.8 Å². The van der Waals surface area contributed by atoms with Crippen LogP contribution < -0.4 is 14.8 Å². The van der Waals surface area contributed by atoms with E-state index in [0.717, 1.165) is 25.4 Å². The second-order valence-corrected chi connectivity index (χ2v) is 9.57. The summed E-state index contributed by atoms with van der Waals surface area (Å²) in [4.78, 5) is 32.2. The van der Waals surface area contributed by atoms with Crippen LogP contribution in [-0.2, 0) is 4.79 Å². The van der Waals surface area contributed by atoms with E-state index in [9.17, 15) is 9.59 Å². The maximum absolute atomic E-state index is 13.3. The number of piperidine rings is 1. The van der Waals surface area contributed by atoms with E-state index in [1.807, 2.05) is 11.0 Å². The first-order valence-corrected chi connectivity index (χ1v) is 12.2. The van der Waals surface area contributed by atoms with E-state index < -0.39 is 0 Å². The number of thioether (sulfide) groups is 1. The zero-order chi connectivity index (χ0) is 21.9. The zero-order valence-corrected chi connectivity index (χ0v) is 18.7. The van der Waals surface area contributed by atoms with Gasteiger partial charge < -0.3 is 19.7 Å². The fraction of sp³-hybridized carbons (Fsp3) is 0.458. The Morgan fingerprint density at radius 3 is 2.84 bits per heavy atom. The molecule has 8 heteroatoms. The van der Waals surface area contributed by atoms with E-state index in [1.165, 1.54) is 37.4 Å². The largest absolute Gasteiger partial charge is 0.454 e. The number of anilines is 1. The van der Waals surface area contributed by atoms with Crippen molar-refractivity contribution >= 4 is 29.3 Å². The van der Waals surface area contributed by atoms with Gasteiger partial charge in [-0.25, -0.2) is 4.98 Å². The number of fused-ring (bicyclic) bond motifs is 2. The summed E-state index contributed by atoms with van der Waals surface area (Å²) < 4.78 is 10.6. The molecule has 0 unspecified atom stereocenters. The summed E-state index contributed by atoms with van der Waals surface area (Å²) in [6.07, 6.45) is 7.89. The Hall–Kier alpha value is -2.74. The predicted molar refractivity (Wildman–Crippen MR) is 122 cm³/mol. The van der Waals surface area contributed by atoms with Crippen molar-refractivity contribution in [1.29, 1.82) is 0 Å². The number of benzene rings is 1. The van der Waals surface area contributed by atoms with Crippen molar-refractivity contribution in [3.63, 3.8) is 0 Å². The molecule has 3 heterocycles. The Labute approximate surface area is 191 Å². The first kappa shape index (κ1) is 21.1. The summed E-state index contributed by atoms with van der Waals surface area (Å²) >= 11 is 1.29. The van der Waals surface area contributed by atoms with Crippen LogP contribution in [0.4, 0.5) is 5.69 Å². The molecule has 1 aliphatic carbocycles. The van der Waals surface area contributed by atoms with Gasteiger partial charge in [0.1, 0.15) is 5.03 Å². The minimum absolute atomic E-state index is 0.0285. The van der Waals surface area contributed by atoms with Gasteiger partial charge in [0.05, 0.1) is 11.3 Å². The molecule has 0 bridgehead atoms. The molecule has 1 aromatic carbocycles. The molecule has 7 nitrogen and oxygen atoms in total. The number of carbonyl (C=O) groups excluding carboxylic acids is 2. The monoisotopic (exact) mass is 453 g/mol. The first-order valence-electron chi connectivity index (χ1n) is 11.2. The van der Waals surface area contributed by atoms with Gasteiger partial charge in [0.15, 0.2) is 11.5 Å². The number of amides is 2. The van der Waals surface area contributed by atoms with Crippen LogP contribution in [0.3, 0.4) is 0 Å². The molecule has 5 rings (SSSR count). The lowest BCUT2D eigenvalue weighted by Gasteiger charge is -2.41. The Kier molecular flexibility index (Phi) is 6.21. The van der Waals surface area contributed by atoms with Gasteiger partial charge in [-0.3, -0.25) is 9.59 Å². The number of ether oxygens (including phenoxy) is 2. The van der Waals surface area contributed by atoms with Crippen molar-refractivity contribution < 1.29 is 19.1 Å². The smallest absolute Gasteiger partial charge is 0.256 e. The maximum Gasteiger partial charge on any atom is 0.256 e. The molecular formula is C24H27N3O4S. The highest BCUT2D eigenvalue weighted by atomic mass is 32.2. The van der Waals surface area contributed by atoms with E-state index in [0.29, 0.717) is 33.7 Å². The van der Waals surface area contributed by atoms with E-state index in [4.69, 9.17) is 9.47 Å². The summed E-state index contributed by atoms with van der Waals surface area (Å²) in [7, 11) is 0. The lowest BCUT2D eigenvalue weighted by Crippen LogP contribution is -2.44. The molecular weight excluding hydrogens is 426 g/mol. The van der Waals surface area contributed by atoms with E-state index in [-0.39, 0.29) is 24.4 Å². The van der Waals surface area contributed by atoms with E-state index >= 15 is 0 Å². The van der Waals surface area contributed by atoms with Gasteiger partial charge in [-0.1, -0.05) is 31.0 Å². The van der Waals surface area contributed by atoms with E-state index in [2.05, 4.69) is 10.3 Å². The maximum atomic E-state index is 13.3. The highest BCUT2D eigenvalue weighted by Crippen LogP contribution is 2.37. The van der Waals surface area contributed by atoms with Crippen molar-refractivity contribution in [2.75, 3.05) is 31.0 Å². The number of nitrogens with zero attached hydrogens (tertiary/aromatic N) is 2. The van der Waals surface area contributed by atoms with Gasteiger partial charge in [-0.2, -0.15) is 0 Å². The summed E-state index contributed by atoms with van der Waals surface area (Å²) in [6.45, 7) is 1.84. The molecule has 1 aromatic heterocycles. The summed E-state index contributed by atoms with van der Waals surface area (Å²) in [5.41, 5.74) is 1.23. The van der Waals surface area contributed by atoms with Gasteiger partial charge in [0.25, 0.3) is 5.91 Å². The van der Waals surface area contributed by atoms with Crippen LogP contribution >= 0.6 is 11.8 Å². The van der Waals surface area contributed by atoms with Crippen molar-refractivity contribution in [1.82, 2.24) is 9.88 Å². The molecule has 2 aromatic rings. The summed E-state index contributed by atoms with van der Waals surface area (Å²) in [5.74, 6) is 2.72. The molecule has 2 atom stereocenters. The average Bonchev–Trinajstić information content (AvgIpc) is 3.30. The summed E-state index contributed by atoms with van der Waals surface area (Å²) in [6, 6.07) is 8.91. The van der Waals surface area contributed by atoms with Crippen LogP contribution in [0.15, 0.2) is 41.6 Å². The molecule has 168 valence electrons. The minimum Gasteiger partial charge on any atom is -0.454 e. The third kappa shape index (κ3) is 4.55. The van der Waals surface area contributed by atoms with Crippen LogP contribution in [0.1, 0.15) is 42.5 Å². The average molecular weight is 454 g/mol. The lowest BCUT2D eigenvalue weighted by molar-refractivity contribution is -0.113. The molecule has 2 aliphatic heterocycles. The first-order chi connectivity index (χ1) is 15.7. The molecule has 2 amide bonds. The Bertz CT molecular complexity index is 1010. The predicted octanol–water partition coefficient (Wildman–Crippen LogP) is 4.19. The highest BCUT2D eigenvalue weighted by Gasteiger charge is 2.33. The number of likely N-dealkylation sites (tertiary alicyclic amines) is 1. The second kappa shape index (κ2) is 9.40. The number of carbonyl (C=O) groups is 2. The zero-order valence-electron chi connectivity index (χ0n) is 17.9. The van der Waals surface area contributed by atoms with Crippen molar-refractivity contribution in [3.8, 4) is 11.5 Å². The third-order valence-corrected chi connectivity index (χ3v) is 7.58. The number of aromatic nitrogens is 1. The quantitative estimate of drug-likeness (QED) is 0.684. The number of nitrogens with one attached hydrogen (secondary N) is 1. The molecule has 3 aliphatic rings. The lowest BCUT2D eigenvalue weighted by atomic mass is 9.75. The molecule has 0 radical (unpaired) electrons. The number of hydrogen-bond acceptors (Lipinski definition) is 6. The minimum atomic E-state index is -0.166. The fourth-order valence-electron chi connectivity index (χ4n) is 4.93. The van der Waals surface area contributed by atoms with Crippen LogP contribution in [0.2, 0.25) is 0 Å².